The highest BCUT2D eigenvalue weighted by Crippen LogP contribution is 2.07. The Morgan fingerprint density at radius 2 is 1.87 bits per heavy atom. The number of hydrazine groups is 1. The van der Waals surface area contributed by atoms with E-state index in [1.165, 1.54) is 24.3 Å². The van der Waals surface area contributed by atoms with Crippen molar-refractivity contribution in [3.63, 3.8) is 0 Å². The number of hydrogen-bond acceptors (Lipinski definition) is 4. The molecule has 0 bridgehead atoms. The van der Waals surface area contributed by atoms with E-state index < -0.39 is 16.0 Å². The summed E-state index contributed by atoms with van der Waals surface area (Å²) in [5.74, 6) is 3.47. The highest BCUT2D eigenvalue weighted by atomic mass is 32.2. The molecule has 0 aliphatic carbocycles. The fourth-order valence-corrected chi connectivity index (χ4v) is 1.72. The molecule has 0 aliphatic heterocycles. The van der Waals surface area contributed by atoms with E-state index >= 15 is 0 Å². The summed E-state index contributed by atoms with van der Waals surface area (Å²) in [6.45, 7) is 0. The van der Waals surface area contributed by atoms with Crippen LogP contribution < -0.4 is 10.7 Å². The minimum absolute atomic E-state index is 0.108. The summed E-state index contributed by atoms with van der Waals surface area (Å²) in [7, 11) is -3.53. The number of aromatic carboxylic acids is 1. The zero-order valence-corrected chi connectivity index (χ0v) is 8.49. The van der Waals surface area contributed by atoms with Gasteiger partial charge in [-0.3, -0.25) is 5.84 Å². The standard InChI is InChI=1S/C8H10N2O4S/c9-10-15(13,14)5-6-1-3-7(4-2-6)8(11)12/h1-4,10H,5,9H2,(H,11,12). The minimum Gasteiger partial charge on any atom is -0.478 e. The van der Waals surface area contributed by atoms with Crippen LogP contribution in [0.15, 0.2) is 24.3 Å². The maximum atomic E-state index is 11.0. The summed E-state index contributed by atoms with van der Waals surface area (Å²) >= 11 is 0. The van der Waals surface area contributed by atoms with Gasteiger partial charge in [0.25, 0.3) is 0 Å². The van der Waals surface area contributed by atoms with Gasteiger partial charge in [0, 0.05) is 0 Å². The van der Waals surface area contributed by atoms with E-state index in [0.717, 1.165) is 0 Å². The predicted octanol–water partition coefficient (Wildman–Crippen LogP) is -0.322. The highest BCUT2D eigenvalue weighted by molar-refractivity contribution is 7.88. The average Bonchev–Trinajstić information content (AvgIpc) is 2.18. The molecule has 6 nitrogen and oxygen atoms in total. The number of nitrogens with two attached hydrogens (primary N) is 1. The van der Waals surface area contributed by atoms with Crippen LogP contribution in [0.4, 0.5) is 0 Å². The molecule has 7 heteroatoms. The molecule has 1 aromatic carbocycles. The Kier molecular flexibility index (Phi) is 3.40. The van der Waals surface area contributed by atoms with Gasteiger partial charge in [0.15, 0.2) is 0 Å². The van der Waals surface area contributed by atoms with Crippen molar-refractivity contribution in [3.8, 4) is 0 Å². The average molecular weight is 230 g/mol. The lowest BCUT2D eigenvalue weighted by atomic mass is 10.1. The Hall–Kier alpha value is -1.44. The van der Waals surface area contributed by atoms with Crippen LogP contribution >= 0.6 is 0 Å². The molecule has 0 atom stereocenters. The molecule has 15 heavy (non-hydrogen) atoms. The molecule has 0 amide bonds. The smallest absolute Gasteiger partial charge is 0.335 e. The molecule has 0 unspecified atom stereocenters. The second-order valence-electron chi connectivity index (χ2n) is 2.88. The number of hydrogen-bond donors (Lipinski definition) is 3. The number of carbonyl (C=O) groups is 1. The van der Waals surface area contributed by atoms with Gasteiger partial charge in [-0.05, 0) is 17.7 Å². The molecular weight excluding hydrogens is 220 g/mol. The molecule has 0 saturated heterocycles. The van der Waals surface area contributed by atoms with Crippen molar-refractivity contribution in [2.75, 3.05) is 0 Å². The van der Waals surface area contributed by atoms with E-state index in [4.69, 9.17) is 10.9 Å². The van der Waals surface area contributed by atoms with Crippen molar-refractivity contribution in [3.05, 3.63) is 35.4 Å². The van der Waals surface area contributed by atoms with E-state index in [1.54, 1.807) is 4.83 Å². The van der Waals surface area contributed by atoms with E-state index in [-0.39, 0.29) is 11.3 Å². The number of nitrogens with one attached hydrogen (secondary N) is 1. The van der Waals surface area contributed by atoms with Gasteiger partial charge in [0.2, 0.25) is 10.0 Å². The van der Waals surface area contributed by atoms with Gasteiger partial charge >= 0.3 is 5.97 Å². The van der Waals surface area contributed by atoms with Gasteiger partial charge in [0.1, 0.15) is 0 Å². The molecule has 0 aromatic heterocycles. The Labute approximate surface area is 86.7 Å². The van der Waals surface area contributed by atoms with Crippen LogP contribution in [0.25, 0.3) is 0 Å². The Morgan fingerprint density at radius 3 is 2.27 bits per heavy atom. The van der Waals surface area contributed by atoms with Crippen molar-refractivity contribution in [1.29, 1.82) is 0 Å². The second-order valence-corrected chi connectivity index (χ2v) is 4.63. The first-order valence-corrected chi connectivity index (χ1v) is 5.62. The topological polar surface area (TPSA) is 109 Å². The van der Waals surface area contributed by atoms with Crippen molar-refractivity contribution >= 4 is 16.0 Å². The van der Waals surface area contributed by atoms with Crippen LogP contribution in [-0.2, 0) is 15.8 Å². The van der Waals surface area contributed by atoms with Crippen molar-refractivity contribution in [1.82, 2.24) is 4.83 Å². The summed E-state index contributed by atoms with van der Waals surface area (Å²) in [5.41, 5.74) is 0.579. The predicted molar refractivity (Wildman–Crippen MR) is 53.3 cm³/mol. The first-order valence-electron chi connectivity index (χ1n) is 3.97. The third-order valence-corrected chi connectivity index (χ3v) is 2.81. The quantitative estimate of drug-likeness (QED) is 0.485. The number of rotatable bonds is 4. The number of carboxylic acids is 1. The maximum Gasteiger partial charge on any atom is 0.335 e. The molecule has 0 spiro atoms. The highest BCUT2D eigenvalue weighted by Gasteiger charge is 2.09. The molecular formula is C8H10N2O4S. The lowest BCUT2D eigenvalue weighted by molar-refractivity contribution is 0.0697. The Bertz CT molecular complexity index is 452. The molecule has 4 N–H and O–H groups in total. The van der Waals surface area contributed by atoms with Crippen LogP contribution in [0.1, 0.15) is 15.9 Å². The van der Waals surface area contributed by atoms with Crippen LogP contribution in [0, 0.1) is 0 Å². The monoisotopic (exact) mass is 230 g/mol. The Balaban J connectivity index is 2.86. The molecule has 1 rings (SSSR count). The van der Waals surface area contributed by atoms with Crippen LogP contribution in [0.2, 0.25) is 0 Å². The molecule has 0 saturated carbocycles. The number of carboxylic acid groups (broad SMARTS) is 1. The third-order valence-electron chi connectivity index (χ3n) is 1.74. The molecule has 0 fully saturated rings. The lowest BCUT2D eigenvalue weighted by Crippen LogP contribution is -2.31. The molecule has 1 aromatic rings. The zero-order chi connectivity index (χ0) is 11.5. The van der Waals surface area contributed by atoms with Crippen LogP contribution in [-0.4, -0.2) is 19.5 Å². The van der Waals surface area contributed by atoms with Gasteiger partial charge in [-0.1, -0.05) is 12.1 Å². The van der Waals surface area contributed by atoms with Gasteiger partial charge in [-0.2, -0.15) is 4.83 Å². The maximum absolute atomic E-state index is 11.0. The van der Waals surface area contributed by atoms with Crippen molar-refractivity contribution in [2.24, 2.45) is 5.84 Å². The van der Waals surface area contributed by atoms with E-state index in [9.17, 15) is 13.2 Å². The normalized spacial score (nSPS) is 11.3. The van der Waals surface area contributed by atoms with Crippen molar-refractivity contribution < 1.29 is 18.3 Å². The second kappa shape index (κ2) is 4.39. The SMILES string of the molecule is NNS(=O)(=O)Cc1ccc(C(=O)O)cc1. The summed E-state index contributed by atoms with van der Waals surface area (Å²) in [5, 5.41) is 8.60. The third kappa shape index (κ3) is 3.31. The fraction of sp³-hybridized carbons (Fsp3) is 0.125. The lowest BCUT2D eigenvalue weighted by Gasteiger charge is -2.02. The van der Waals surface area contributed by atoms with Gasteiger partial charge in [-0.15, -0.1) is 0 Å². The summed E-state index contributed by atoms with van der Waals surface area (Å²) in [6, 6.07) is 5.53. The van der Waals surface area contributed by atoms with E-state index in [2.05, 4.69) is 0 Å². The summed E-state index contributed by atoms with van der Waals surface area (Å²) < 4.78 is 22.1. The zero-order valence-electron chi connectivity index (χ0n) is 7.67. The van der Waals surface area contributed by atoms with E-state index in [1.807, 2.05) is 0 Å². The van der Waals surface area contributed by atoms with Gasteiger partial charge in [0.05, 0.1) is 11.3 Å². The van der Waals surface area contributed by atoms with Gasteiger partial charge in [-0.25, -0.2) is 13.2 Å². The number of benzene rings is 1. The van der Waals surface area contributed by atoms with Gasteiger partial charge < -0.3 is 5.11 Å². The minimum atomic E-state index is -3.53. The van der Waals surface area contributed by atoms with E-state index in [0.29, 0.717) is 5.56 Å². The number of sulfonamides is 1. The van der Waals surface area contributed by atoms with Crippen molar-refractivity contribution in [2.45, 2.75) is 5.75 Å². The molecule has 0 radical (unpaired) electrons. The fourth-order valence-electron chi connectivity index (χ4n) is 1.00. The first kappa shape index (κ1) is 11.6. The molecule has 0 aliphatic rings. The first-order chi connectivity index (χ1) is 6.94. The Morgan fingerprint density at radius 1 is 1.33 bits per heavy atom. The molecule has 0 heterocycles. The summed E-state index contributed by atoms with van der Waals surface area (Å²) in [4.78, 5) is 12.2. The largest absolute Gasteiger partial charge is 0.478 e. The molecule has 82 valence electrons. The summed E-state index contributed by atoms with van der Waals surface area (Å²) in [6.07, 6.45) is 0. The van der Waals surface area contributed by atoms with Crippen LogP contribution in [0.3, 0.4) is 0 Å². The van der Waals surface area contributed by atoms with Crippen LogP contribution in [0.5, 0.6) is 0 Å².